The number of halogens is 2. The van der Waals surface area contributed by atoms with Crippen molar-refractivity contribution in [2.45, 2.75) is 44.1 Å². The molecule has 1 fully saturated rings. The molecule has 1 heterocycles. The van der Waals surface area contributed by atoms with E-state index in [9.17, 15) is 19.8 Å². The van der Waals surface area contributed by atoms with E-state index in [0.29, 0.717) is 22.0 Å². The van der Waals surface area contributed by atoms with Crippen molar-refractivity contribution in [1.29, 1.82) is 0 Å². The maximum absolute atomic E-state index is 13.3. The topological polar surface area (TPSA) is 87.1 Å². The van der Waals surface area contributed by atoms with Gasteiger partial charge < -0.3 is 19.8 Å². The number of carbonyl (C=O) groups excluding carboxylic acids is 1. The maximum Gasteiger partial charge on any atom is 0.306 e. The highest BCUT2D eigenvalue weighted by Gasteiger charge is 2.46. The molecule has 1 aliphatic rings. The van der Waals surface area contributed by atoms with Crippen LogP contribution in [0.15, 0.2) is 48.5 Å². The Morgan fingerprint density at radius 3 is 2.40 bits per heavy atom. The van der Waals surface area contributed by atoms with Crippen molar-refractivity contribution in [2.24, 2.45) is 0 Å². The van der Waals surface area contributed by atoms with Gasteiger partial charge in [-0.05, 0) is 41.8 Å². The summed E-state index contributed by atoms with van der Waals surface area (Å²) in [5.41, 5.74) is 1.47. The Kier molecular flexibility index (Phi) is 7.36. The number of amides is 1. The van der Waals surface area contributed by atoms with Gasteiger partial charge in [0.05, 0.1) is 25.1 Å². The number of benzene rings is 2. The standard InChI is InChI=1S/C22H23Cl2NO5/c1-2-17(12-26)25-20(13-6-8-15(23)9-7-13)21(14-4-3-5-16(24)10-14)30-18(22(25)29)11-19(27)28/h3-10,17-18,20-21,26H,2,11-12H2,1H3,(H,27,28)/t17?,18-,20+,21+/m0/s1. The van der Waals surface area contributed by atoms with E-state index in [1.165, 1.54) is 0 Å². The van der Waals surface area contributed by atoms with Crippen LogP contribution >= 0.6 is 23.2 Å². The van der Waals surface area contributed by atoms with Crippen molar-refractivity contribution in [3.05, 3.63) is 69.7 Å². The smallest absolute Gasteiger partial charge is 0.306 e. The summed E-state index contributed by atoms with van der Waals surface area (Å²) in [7, 11) is 0. The molecule has 2 aromatic carbocycles. The lowest BCUT2D eigenvalue weighted by molar-refractivity contribution is -0.184. The van der Waals surface area contributed by atoms with E-state index >= 15 is 0 Å². The molecule has 1 amide bonds. The number of carbonyl (C=O) groups is 2. The minimum atomic E-state index is -1.17. The van der Waals surface area contributed by atoms with E-state index in [2.05, 4.69) is 0 Å². The van der Waals surface area contributed by atoms with E-state index in [0.717, 1.165) is 5.56 Å². The molecule has 0 saturated carbocycles. The lowest BCUT2D eigenvalue weighted by atomic mass is 9.89. The quantitative estimate of drug-likeness (QED) is 0.656. The fourth-order valence-corrected chi connectivity index (χ4v) is 4.14. The SMILES string of the molecule is CCC(CO)N1C(=O)[C@H](CC(=O)O)O[C@H](c2cccc(Cl)c2)[C@H]1c1ccc(Cl)cc1. The average Bonchev–Trinajstić information content (AvgIpc) is 2.71. The summed E-state index contributed by atoms with van der Waals surface area (Å²) >= 11 is 12.2. The molecule has 8 heteroatoms. The van der Waals surface area contributed by atoms with Crippen LogP contribution in [0, 0.1) is 0 Å². The molecule has 0 bridgehead atoms. The molecule has 160 valence electrons. The molecule has 2 N–H and O–H groups in total. The molecular weight excluding hydrogens is 429 g/mol. The number of ether oxygens (including phenoxy) is 1. The van der Waals surface area contributed by atoms with Gasteiger partial charge in [-0.15, -0.1) is 0 Å². The zero-order valence-corrected chi connectivity index (χ0v) is 17.9. The Hall–Kier alpha value is -2.12. The molecule has 0 aliphatic carbocycles. The minimum absolute atomic E-state index is 0.256. The summed E-state index contributed by atoms with van der Waals surface area (Å²) in [5, 5.41) is 20.3. The normalized spacial score (nSPS) is 22.7. The molecule has 1 saturated heterocycles. The molecule has 1 unspecified atom stereocenters. The van der Waals surface area contributed by atoms with Gasteiger partial charge >= 0.3 is 5.97 Å². The zero-order valence-electron chi connectivity index (χ0n) is 16.4. The second kappa shape index (κ2) is 9.79. The maximum atomic E-state index is 13.3. The molecular formula is C22H23Cl2NO5. The molecule has 30 heavy (non-hydrogen) atoms. The number of carboxylic acids is 1. The number of nitrogens with zero attached hydrogens (tertiary/aromatic N) is 1. The predicted octanol–water partition coefficient (Wildman–Crippen LogP) is 4.25. The number of rotatable bonds is 7. The first-order chi connectivity index (χ1) is 14.3. The third-order valence-electron chi connectivity index (χ3n) is 5.25. The summed E-state index contributed by atoms with van der Waals surface area (Å²) in [6, 6.07) is 13.0. The Labute approximate surface area is 185 Å². The predicted molar refractivity (Wildman–Crippen MR) is 114 cm³/mol. The van der Waals surface area contributed by atoms with Gasteiger partial charge in [0.25, 0.3) is 5.91 Å². The summed E-state index contributed by atoms with van der Waals surface area (Å²) in [6.45, 7) is 1.61. The Balaban J connectivity index is 2.16. The molecule has 0 radical (unpaired) electrons. The number of aliphatic carboxylic acids is 1. The van der Waals surface area contributed by atoms with E-state index in [1.54, 1.807) is 47.4 Å². The van der Waals surface area contributed by atoms with Gasteiger partial charge in [-0.1, -0.05) is 54.4 Å². The van der Waals surface area contributed by atoms with Crippen LogP contribution in [0.5, 0.6) is 0 Å². The molecule has 0 spiro atoms. The van der Waals surface area contributed by atoms with E-state index < -0.39 is 42.6 Å². The van der Waals surface area contributed by atoms with E-state index in [1.807, 2.05) is 13.0 Å². The van der Waals surface area contributed by atoms with Gasteiger partial charge in [-0.25, -0.2) is 0 Å². The van der Waals surface area contributed by atoms with Gasteiger partial charge in [-0.3, -0.25) is 9.59 Å². The largest absolute Gasteiger partial charge is 0.481 e. The number of hydrogen-bond acceptors (Lipinski definition) is 4. The van der Waals surface area contributed by atoms with Crippen molar-refractivity contribution >= 4 is 35.1 Å². The van der Waals surface area contributed by atoms with Crippen LogP contribution in [0.25, 0.3) is 0 Å². The Bertz CT molecular complexity index is 901. The molecule has 2 aromatic rings. The van der Waals surface area contributed by atoms with Gasteiger partial charge in [-0.2, -0.15) is 0 Å². The minimum Gasteiger partial charge on any atom is -0.481 e. The molecule has 4 atom stereocenters. The third-order valence-corrected chi connectivity index (χ3v) is 5.74. The molecule has 1 aliphatic heterocycles. The molecule has 3 rings (SSSR count). The highest BCUT2D eigenvalue weighted by Crippen LogP contribution is 2.44. The number of aliphatic hydroxyl groups excluding tert-OH is 1. The van der Waals surface area contributed by atoms with Gasteiger partial charge in [0, 0.05) is 10.0 Å². The van der Waals surface area contributed by atoms with Gasteiger partial charge in [0.1, 0.15) is 12.2 Å². The highest BCUT2D eigenvalue weighted by atomic mass is 35.5. The van der Waals surface area contributed by atoms with Crippen molar-refractivity contribution in [1.82, 2.24) is 4.90 Å². The third kappa shape index (κ3) is 4.78. The first kappa shape index (κ1) is 22.6. The van der Waals surface area contributed by atoms with Crippen LogP contribution in [0.2, 0.25) is 10.0 Å². The van der Waals surface area contributed by atoms with E-state index in [-0.39, 0.29) is 6.61 Å². The number of hydrogen-bond donors (Lipinski definition) is 2. The second-order valence-electron chi connectivity index (χ2n) is 7.18. The van der Waals surface area contributed by atoms with Crippen molar-refractivity contribution in [3.63, 3.8) is 0 Å². The summed E-state index contributed by atoms with van der Waals surface area (Å²) < 4.78 is 6.07. The fourth-order valence-electron chi connectivity index (χ4n) is 3.81. The first-order valence-corrected chi connectivity index (χ1v) is 10.4. The molecule has 0 aromatic heterocycles. The fraction of sp³-hybridized carbons (Fsp3) is 0.364. The summed E-state index contributed by atoms with van der Waals surface area (Å²) in [6.07, 6.45) is -1.82. The second-order valence-corrected chi connectivity index (χ2v) is 8.06. The van der Waals surface area contributed by atoms with Crippen LogP contribution in [-0.2, 0) is 14.3 Å². The van der Waals surface area contributed by atoms with E-state index in [4.69, 9.17) is 27.9 Å². The Morgan fingerprint density at radius 1 is 1.13 bits per heavy atom. The number of carboxylic acid groups (broad SMARTS) is 1. The summed E-state index contributed by atoms with van der Waals surface area (Å²) in [4.78, 5) is 26.2. The Morgan fingerprint density at radius 2 is 1.83 bits per heavy atom. The summed E-state index contributed by atoms with van der Waals surface area (Å²) in [5.74, 6) is -1.60. The van der Waals surface area contributed by atoms with Crippen LogP contribution in [0.1, 0.15) is 43.0 Å². The zero-order chi connectivity index (χ0) is 21.8. The highest BCUT2D eigenvalue weighted by molar-refractivity contribution is 6.30. The molecule has 6 nitrogen and oxygen atoms in total. The van der Waals surface area contributed by atoms with Gasteiger partial charge in [0.15, 0.2) is 0 Å². The van der Waals surface area contributed by atoms with Crippen LogP contribution in [0.3, 0.4) is 0 Å². The van der Waals surface area contributed by atoms with Gasteiger partial charge in [0.2, 0.25) is 0 Å². The van der Waals surface area contributed by atoms with Crippen molar-refractivity contribution in [2.75, 3.05) is 6.61 Å². The number of morpholine rings is 1. The van der Waals surface area contributed by atoms with Crippen LogP contribution < -0.4 is 0 Å². The number of aliphatic hydroxyl groups is 1. The average molecular weight is 452 g/mol. The monoisotopic (exact) mass is 451 g/mol. The van der Waals surface area contributed by atoms with Crippen molar-refractivity contribution in [3.8, 4) is 0 Å². The van der Waals surface area contributed by atoms with Crippen molar-refractivity contribution < 1.29 is 24.5 Å². The lowest BCUT2D eigenvalue weighted by Crippen LogP contribution is -2.56. The lowest BCUT2D eigenvalue weighted by Gasteiger charge is -2.47. The first-order valence-electron chi connectivity index (χ1n) is 9.66. The van der Waals surface area contributed by atoms with Crippen LogP contribution in [-0.4, -0.2) is 45.7 Å². The van der Waals surface area contributed by atoms with Crippen LogP contribution in [0.4, 0.5) is 0 Å².